The van der Waals surface area contributed by atoms with Gasteiger partial charge in [-0.15, -0.1) is 0 Å². The minimum atomic E-state index is 0.329. The average Bonchev–Trinajstić information content (AvgIpc) is 2.40. The molecule has 0 spiro atoms. The monoisotopic (exact) mass is 294 g/mol. The topological polar surface area (TPSA) is 35.5 Å². The number of fused-ring (bicyclic) bond motifs is 2. The zero-order valence-corrected chi connectivity index (χ0v) is 12.7. The third kappa shape index (κ3) is 2.95. The standard InChI is InChI=1S/C16H23ClN2O/c1-19-14-3-2-4-15(19)9-13(8-14)18-10-11-7-12(17)5-6-16(11)20/h5-7,13-15,18,20H,2-4,8-10H2,1H3. The van der Waals surface area contributed by atoms with E-state index in [2.05, 4.69) is 17.3 Å². The summed E-state index contributed by atoms with van der Waals surface area (Å²) >= 11 is 5.99. The summed E-state index contributed by atoms with van der Waals surface area (Å²) in [7, 11) is 2.27. The molecule has 2 unspecified atom stereocenters. The smallest absolute Gasteiger partial charge is 0.120 e. The number of nitrogens with one attached hydrogen (secondary N) is 1. The summed E-state index contributed by atoms with van der Waals surface area (Å²) in [5.74, 6) is 0.329. The Morgan fingerprint density at radius 1 is 1.30 bits per heavy atom. The van der Waals surface area contributed by atoms with Gasteiger partial charge in [0.2, 0.25) is 0 Å². The molecule has 2 aliphatic rings. The van der Waals surface area contributed by atoms with Crippen LogP contribution in [0.4, 0.5) is 0 Å². The molecular weight excluding hydrogens is 272 g/mol. The zero-order chi connectivity index (χ0) is 14.1. The lowest BCUT2D eigenvalue weighted by Crippen LogP contribution is -2.54. The third-order valence-electron chi connectivity index (χ3n) is 4.96. The van der Waals surface area contributed by atoms with Crippen LogP contribution in [0.2, 0.25) is 5.02 Å². The molecule has 0 saturated carbocycles. The normalized spacial score (nSPS) is 30.4. The van der Waals surface area contributed by atoms with Crippen molar-refractivity contribution >= 4 is 11.6 Å². The maximum atomic E-state index is 9.86. The molecule has 2 saturated heterocycles. The van der Waals surface area contributed by atoms with Crippen LogP contribution in [0.5, 0.6) is 5.75 Å². The van der Waals surface area contributed by atoms with Crippen LogP contribution in [0.1, 0.15) is 37.7 Å². The SMILES string of the molecule is CN1C2CCCC1CC(NCc1cc(Cl)ccc1O)C2. The molecule has 4 heteroatoms. The largest absolute Gasteiger partial charge is 0.508 e. The second-order valence-electron chi connectivity index (χ2n) is 6.23. The number of hydrogen-bond acceptors (Lipinski definition) is 3. The van der Waals surface area contributed by atoms with E-state index in [1.54, 1.807) is 12.1 Å². The van der Waals surface area contributed by atoms with Crippen molar-refractivity contribution in [2.75, 3.05) is 7.05 Å². The van der Waals surface area contributed by atoms with E-state index in [0.29, 0.717) is 23.4 Å². The number of piperidine rings is 2. The summed E-state index contributed by atoms with van der Waals surface area (Å²) in [4.78, 5) is 2.57. The highest BCUT2D eigenvalue weighted by Gasteiger charge is 2.35. The molecule has 110 valence electrons. The van der Waals surface area contributed by atoms with Crippen LogP contribution in [0.25, 0.3) is 0 Å². The van der Waals surface area contributed by atoms with E-state index in [4.69, 9.17) is 11.6 Å². The van der Waals surface area contributed by atoms with Crippen molar-refractivity contribution in [2.45, 2.75) is 56.8 Å². The fraction of sp³-hybridized carbons (Fsp3) is 0.625. The van der Waals surface area contributed by atoms with E-state index < -0.39 is 0 Å². The van der Waals surface area contributed by atoms with Gasteiger partial charge in [-0.05, 0) is 50.9 Å². The molecule has 2 bridgehead atoms. The number of aromatic hydroxyl groups is 1. The molecule has 2 N–H and O–H groups in total. The van der Waals surface area contributed by atoms with Crippen molar-refractivity contribution in [2.24, 2.45) is 0 Å². The first-order chi connectivity index (χ1) is 9.63. The van der Waals surface area contributed by atoms with Gasteiger partial charge in [0.05, 0.1) is 0 Å². The minimum Gasteiger partial charge on any atom is -0.508 e. The predicted octanol–water partition coefficient (Wildman–Crippen LogP) is 3.15. The number of benzene rings is 1. The van der Waals surface area contributed by atoms with Crippen molar-refractivity contribution in [1.82, 2.24) is 10.2 Å². The molecule has 0 aromatic heterocycles. The van der Waals surface area contributed by atoms with Crippen molar-refractivity contribution < 1.29 is 5.11 Å². The lowest BCUT2D eigenvalue weighted by atomic mass is 9.82. The molecule has 2 atom stereocenters. The van der Waals surface area contributed by atoms with Gasteiger partial charge < -0.3 is 15.3 Å². The van der Waals surface area contributed by atoms with E-state index in [9.17, 15) is 5.11 Å². The van der Waals surface area contributed by atoms with Crippen LogP contribution in [-0.4, -0.2) is 35.2 Å². The van der Waals surface area contributed by atoms with Gasteiger partial charge in [0.25, 0.3) is 0 Å². The molecule has 2 heterocycles. The van der Waals surface area contributed by atoms with E-state index in [1.807, 2.05) is 6.07 Å². The van der Waals surface area contributed by atoms with Gasteiger partial charge >= 0.3 is 0 Å². The maximum absolute atomic E-state index is 9.86. The third-order valence-corrected chi connectivity index (χ3v) is 5.20. The summed E-state index contributed by atoms with van der Waals surface area (Å²) in [6.07, 6.45) is 6.46. The predicted molar refractivity (Wildman–Crippen MR) is 82.2 cm³/mol. The number of hydrogen-bond donors (Lipinski definition) is 2. The molecule has 20 heavy (non-hydrogen) atoms. The summed E-state index contributed by atoms with van der Waals surface area (Å²) < 4.78 is 0. The Hall–Kier alpha value is -0.770. The molecule has 0 aliphatic carbocycles. The first-order valence-corrected chi connectivity index (χ1v) is 7.94. The van der Waals surface area contributed by atoms with Gasteiger partial charge in [0.1, 0.15) is 5.75 Å². The summed E-state index contributed by atoms with van der Waals surface area (Å²) in [6.45, 7) is 0.695. The van der Waals surface area contributed by atoms with Crippen LogP contribution in [0, 0.1) is 0 Å². The molecule has 3 nitrogen and oxygen atoms in total. The Bertz CT molecular complexity index is 466. The first-order valence-electron chi connectivity index (χ1n) is 7.56. The lowest BCUT2D eigenvalue weighted by Gasteiger charge is -2.47. The Morgan fingerprint density at radius 2 is 2.00 bits per heavy atom. The number of phenolic OH excluding ortho intramolecular Hbond substituents is 1. The van der Waals surface area contributed by atoms with Gasteiger partial charge in [-0.25, -0.2) is 0 Å². The average molecular weight is 295 g/mol. The van der Waals surface area contributed by atoms with Gasteiger partial charge in [-0.1, -0.05) is 18.0 Å². The molecule has 1 aromatic rings. The second-order valence-corrected chi connectivity index (χ2v) is 6.66. The summed E-state index contributed by atoms with van der Waals surface area (Å²) in [6, 6.07) is 7.25. The number of halogens is 1. The quantitative estimate of drug-likeness (QED) is 0.899. The molecule has 2 fully saturated rings. The van der Waals surface area contributed by atoms with Gasteiger partial charge in [-0.3, -0.25) is 0 Å². The van der Waals surface area contributed by atoms with Crippen LogP contribution < -0.4 is 5.32 Å². The number of nitrogens with zero attached hydrogens (tertiary/aromatic N) is 1. The highest BCUT2D eigenvalue weighted by Crippen LogP contribution is 2.33. The Labute approximate surface area is 125 Å². The van der Waals surface area contributed by atoms with Crippen LogP contribution in [-0.2, 0) is 6.54 Å². The van der Waals surface area contributed by atoms with Crippen molar-refractivity contribution in [3.63, 3.8) is 0 Å². The fourth-order valence-electron chi connectivity index (χ4n) is 3.73. The molecule has 0 radical (unpaired) electrons. The van der Waals surface area contributed by atoms with Crippen LogP contribution in [0.3, 0.4) is 0 Å². The first kappa shape index (κ1) is 14.2. The highest BCUT2D eigenvalue weighted by atomic mass is 35.5. The van der Waals surface area contributed by atoms with Crippen LogP contribution >= 0.6 is 11.6 Å². The second kappa shape index (κ2) is 5.92. The molecular formula is C16H23ClN2O. The van der Waals surface area contributed by atoms with Crippen LogP contribution in [0.15, 0.2) is 18.2 Å². The highest BCUT2D eigenvalue weighted by molar-refractivity contribution is 6.30. The van der Waals surface area contributed by atoms with E-state index in [0.717, 1.165) is 17.6 Å². The molecule has 0 amide bonds. The van der Waals surface area contributed by atoms with E-state index >= 15 is 0 Å². The molecule has 3 rings (SSSR count). The minimum absolute atomic E-state index is 0.329. The Balaban J connectivity index is 1.60. The zero-order valence-electron chi connectivity index (χ0n) is 12.0. The lowest BCUT2D eigenvalue weighted by molar-refractivity contribution is 0.0482. The van der Waals surface area contributed by atoms with Crippen molar-refractivity contribution in [3.8, 4) is 5.75 Å². The Kier molecular flexibility index (Phi) is 4.20. The van der Waals surface area contributed by atoms with Crippen molar-refractivity contribution in [1.29, 1.82) is 0 Å². The Morgan fingerprint density at radius 3 is 2.70 bits per heavy atom. The maximum Gasteiger partial charge on any atom is 0.120 e. The van der Waals surface area contributed by atoms with Crippen molar-refractivity contribution in [3.05, 3.63) is 28.8 Å². The number of phenols is 1. The van der Waals surface area contributed by atoms with Gasteiger partial charge in [-0.2, -0.15) is 0 Å². The van der Waals surface area contributed by atoms with E-state index in [-0.39, 0.29) is 0 Å². The number of rotatable bonds is 3. The van der Waals surface area contributed by atoms with Gasteiger partial charge in [0, 0.05) is 35.3 Å². The van der Waals surface area contributed by atoms with Gasteiger partial charge in [0.15, 0.2) is 0 Å². The summed E-state index contributed by atoms with van der Waals surface area (Å²) in [5.41, 5.74) is 0.890. The van der Waals surface area contributed by atoms with E-state index in [1.165, 1.54) is 32.1 Å². The summed E-state index contributed by atoms with van der Waals surface area (Å²) in [5, 5.41) is 14.2. The molecule has 2 aliphatic heterocycles. The fourth-order valence-corrected chi connectivity index (χ4v) is 3.93. The molecule has 1 aromatic carbocycles.